The van der Waals surface area contributed by atoms with Gasteiger partial charge < -0.3 is 5.32 Å². The van der Waals surface area contributed by atoms with Gasteiger partial charge in [0.05, 0.1) is 21.2 Å². The van der Waals surface area contributed by atoms with E-state index in [1.54, 1.807) is 12.4 Å². The predicted molar refractivity (Wildman–Crippen MR) is 82.0 cm³/mol. The Hall–Kier alpha value is -1.65. The van der Waals surface area contributed by atoms with Gasteiger partial charge >= 0.3 is 0 Å². The van der Waals surface area contributed by atoms with Gasteiger partial charge in [0.1, 0.15) is 5.82 Å². The maximum atomic E-state index is 6.26. The molecule has 0 amide bonds. The Balaban J connectivity index is 2.04. The molecule has 3 aromatic rings. The third-order valence-corrected chi connectivity index (χ3v) is 3.93. The topological polar surface area (TPSA) is 37.8 Å². The molecule has 0 saturated heterocycles. The summed E-state index contributed by atoms with van der Waals surface area (Å²) in [4.78, 5) is 8.59. The molecule has 0 saturated carbocycles. The van der Waals surface area contributed by atoms with E-state index < -0.39 is 0 Å². The second kappa shape index (κ2) is 5.15. The Morgan fingerprint density at radius 2 is 1.84 bits per heavy atom. The summed E-state index contributed by atoms with van der Waals surface area (Å²) in [5.41, 5.74) is 1.75. The molecule has 2 heterocycles. The van der Waals surface area contributed by atoms with Crippen LogP contribution in [-0.4, -0.2) is 9.97 Å². The summed E-state index contributed by atoms with van der Waals surface area (Å²) >= 11 is 9.63. The molecule has 0 aliphatic carbocycles. The fourth-order valence-electron chi connectivity index (χ4n) is 1.78. The molecule has 19 heavy (non-hydrogen) atoms. The lowest BCUT2D eigenvalue weighted by Gasteiger charge is -2.07. The summed E-state index contributed by atoms with van der Waals surface area (Å²) in [5.74, 6) is 0.737. The molecule has 3 rings (SSSR count). The molecule has 0 fully saturated rings. The van der Waals surface area contributed by atoms with Gasteiger partial charge in [-0.2, -0.15) is 0 Å². The Bertz CT molecular complexity index is 731. The smallest absolute Gasteiger partial charge is 0.131 e. The zero-order valence-corrected chi connectivity index (χ0v) is 12.1. The van der Waals surface area contributed by atoms with Gasteiger partial charge in [-0.05, 0) is 34.1 Å². The minimum absolute atomic E-state index is 0.642. The van der Waals surface area contributed by atoms with Crippen LogP contribution in [-0.2, 0) is 0 Å². The number of hydrogen-bond acceptors (Lipinski definition) is 3. The van der Waals surface area contributed by atoms with Gasteiger partial charge in [-0.15, -0.1) is 0 Å². The number of aromatic nitrogens is 2. The van der Waals surface area contributed by atoms with Crippen molar-refractivity contribution in [1.29, 1.82) is 0 Å². The second-order valence-corrected chi connectivity index (χ2v) is 5.23. The number of rotatable bonds is 2. The largest absolute Gasteiger partial charge is 0.340 e. The molecule has 0 spiro atoms. The summed E-state index contributed by atoms with van der Waals surface area (Å²) in [6.07, 6.45) is 3.38. The van der Waals surface area contributed by atoms with Crippen LogP contribution in [0.25, 0.3) is 10.9 Å². The molecular weight excluding hydrogens is 326 g/mol. The van der Waals surface area contributed by atoms with Gasteiger partial charge in [0.15, 0.2) is 0 Å². The van der Waals surface area contributed by atoms with Crippen molar-refractivity contribution in [3.05, 3.63) is 58.3 Å². The molecule has 0 bridgehead atoms. The first kappa shape index (κ1) is 12.4. The maximum Gasteiger partial charge on any atom is 0.131 e. The number of benzene rings is 1. The average Bonchev–Trinajstić information content (AvgIpc) is 2.45. The van der Waals surface area contributed by atoms with Crippen LogP contribution in [0.1, 0.15) is 0 Å². The third kappa shape index (κ3) is 2.55. The van der Waals surface area contributed by atoms with Crippen molar-refractivity contribution >= 4 is 49.9 Å². The molecular formula is C14H9BrClN3. The summed E-state index contributed by atoms with van der Waals surface area (Å²) in [5, 5.41) is 4.74. The number of hydrogen-bond donors (Lipinski definition) is 1. The lowest BCUT2D eigenvalue weighted by atomic mass is 10.2. The summed E-state index contributed by atoms with van der Waals surface area (Å²) < 4.78 is 0.776. The molecule has 5 heteroatoms. The highest BCUT2D eigenvalue weighted by Crippen LogP contribution is 2.30. The van der Waals surface area contributed by atoms with E-state index in [9.17, 15) is 0 Å². The zero-order chi connectivity index (χ0) is 13.2. The van der Waals surface area contributed by atoms with Crippen LogP contribution in [0, 0.1) is 0 Å². The Labute approximate surface area is 123 Å². The third-order valence-electron chi connectivity index (χ3n) is 2.69. The van der Waals surface area contributed by atoms with E-state index in [1.807, 2.05) is 36.4 Å². The molecule has 0 aliphatic rings. The monoisotopic (exact) mass is 333 g/mol. The van der Waals surface area contributed by atoms with Crippen LogP contribution in [0.3, 0.4) is 0 Å². The lowest BCUT2D eigenvalue weighted by Crippen LogP contribution is -1.94. The Morgan fingerprint density at radius 1 is 1.05 bits per heavy atom. The van der Waals surface area contributed by atoms with E-state index in [1.165, 1.54) is 0 Å². The van der Waals surface area contributed by atoms with Crippen molar-refractivity contribution in [3.8, 4) is 0 Å². The van der Waals surface area contributed by atoms with Crippen LogP contribution < -0.4 is 5.32 Å². The fraction of sp³-hybridized carbons (Fsp3) is 0. The first-order valence-corrected chi connectivity index (χ1v) is 6.83. The van der Waals surface area contributed by atoms with Gasteiger partial charge in [0, 0.05) is 17.3 Å². The number of anilines is 2. The van der Waals surface area contributed by atoms with Gasteiger partial charge in [-0.25, -0.2) is 4.98 Å². The first-order chi connectivity index (χ1) is 9.24. The highest BCUT2D eigenvalue weighted by Gasteiger charge is 2.06. The van der Waals surface area contributed by atoms with Crippen molar-refractivity contribution in [3.63, 3.8) is 0 Å². The fourth-order valence-corrected chi connectivity index (χ4v) is 2.29. The van der Waals surface area contributed by atoms with Crippen LogP contribution in [0.5, 0.6) is 0 Å². The average molecular weight is 335 g/mol. The summed E-state index contributed by atoms with van der Waals surface area (Å²) in [6.45, 7) is 0. The Morgan fingerprint density at radius 3 is 2.63 bits per heavy atom. The van der Waals surface area contributed by atoms with E-state index in [-0.39, 0.29) is 0 Å². The number of nitrogens with zero attached hydrogens (tertiary/aromatic N) is 2. The number of halogens is 2. The first-order valence-electron chi connectivity index (χ1n) is 5.66. The molecule has 0 radical (unpaired) electrons. The number of fused-ring (bicyclic) bond motifs is 1. The van der Waals surface area contributed by atoms with Crippen LogP contribution >= 0.6 is 27.5 Å². The molecule has 0 atom stereocenters. The quantitative estimate of drug-likeness (QED) is 0.732. The van der Waals surface area contributed by atoms with Crippen molar-refractivity contribution in [2.45, 2.75) is 0 Å². The van der Waals surface area contributed by atoms with Crippen molar-refractivity contribution in [2.24, 2.45) is 0 Å². The van der Waals surface area contributed by atoms with Gasteiger partial charge in [0.2, 0.25) is 0 Å². The molecule has 3 nitrogen and oxygen atoms in total. The second-order valence-electron chi connectivity index (χ2n) is 4.00. The maximum absolute atomic E-state index is 6.26. The molecule has 1 N–H and O–H groups in total. The normalized spacial score (nSPS) is 10.6. The highest BCUT2D eigenvalue weighted by atomic mass is 79.9. The SMILES string of the molecule is Clc1c(Br)cnc2cnc(Nc3ccccc3)cc12. The summed E-state index contributed by atoms with van der Waals surface area (Å²) in [7, 11) is 0. The van der Waals surface area contributed by atoms with E-state index in [0.717, 1.165) is 26.9 Å². The number of pyridine rings is 2. The Kier molecular flexibility index (Phi) is 3.36. The highest BCUT2D eigenvalue weighted by molar-refractivity contribution is 9.10. The predicted octanol–water partition coefficient (Wildman–Crippen LogP) is 4.79. The minimum atomic E-state index is 0.642. The van der Waals surface area contributed by atoms with Crippen molar-refractivity contribution in [1.82, 2.24) is 9.97 Å². The van der Waals surface area contributed by atoms with E-state index >= 15 is 0 Å². The minimum Gasteiger partial charge on any atom is -0.340 e. The van der Waals surface area contributed by atoms with Gasteiger partial charge in [0.25, 0.3) is 0 Å². The van der Waals surface area contributed by atoms with Gasteiger partial charge in [-0.1, -0.05) is 29.8 Å². The molecule has 0 aliphatic heterocycles. The van der Waals surface area contributed by atoms with Crippen molar-refractivity contribution < 1.29 is 0 Å². The number of nitrogens with one attached hydrogen (secondary N) is 1. The standard InChI is InChI=1S/C14H9BrClN3/c15-11-7-17-12-8-18-13(6-10(12)14(11)16)19-9-4-2-1-3-5-9/h1-8H,(H,18,19). The zero-order valence-electron chi connectivity index (χ0n) is 9.77. The molecule has 0 unspecified atom stereocenters. The van der Waals surface area contributed by atoms with E-state index in [2.05, 4.69) is 31.2 Å². The van der Waals surface area contributed by atoms with Crippen LogP contribution in [0.2, 0.25) is 5.02 Å². The molecule has 1 aromatic carbocycles. The lowest BCUT2D eigenvalue weighted by molar-refractivity contribution is 1.29. The number of para-hydroxylation sites is 1. The van der Waals surface area contributed by atoms with E-state index in [4.69, 9.17) is 11.6 Å². The molecule has 2 aromatic heterocycles. The van der Waals surface area contributed by atoms with E-state index in [0.29, 0.717) is 5.02 Å². The van der Waals surface area contributed by atoms with Crippen molar-refractivity contribution in [2.75, 3.05) is 5.32 Å². The van der Waals surface area contributed by atoms with Gasteiger partial charge in [-0.3, -0.25) is 4.98 Å². The summed E-state index contributed by atoms with van der Waals surface area (Å²) in [6, 6.07) is 11.8. The van der Waals surface area contributed by atoms with Crippen LogP contribution in [0.15, 0.2) is 53.3 Å². The molecule has 94 valence electrons. The van der Waals surface area contributed by atoms with Crippen LogP contribution in [0.4, 0.5) is 11.5 Å².